The number of fused-ring (bicyclic) bond motifs is 1. The van der Waals surface area contributed by atoms with Gasteiger partial charge in [-0.05, 0) is 38.3 Å². The van der Waals surface area contributed by atoms with Crippen LogP contribution in [0.25, 0.3) is 11.3 Å². The van der Waals surface area contributed by atoms with E-state index in [2.05, 4.69) is 45.7 Å². The summed E-state index contributed by atoms with van der Waals surface area (Å²) in [6, 6.07) is 11.0. The zero-order valence-corrected chi connectivity index (χ0v) is 12.3. The number of rotatable bonds is 2. The normalized spacial score (nSPS) is 25.1. The fourth-order valence-corrected chi connectivity index (χ4v) is 3.67. The molecule has 4 nitrogen and oxygen atoms in total. The lowest BCUT2D eigenvalue weighted by atomic mass is 9.89. The van der Waals surface area contributed by atoms with Gasteiger partial charge in [-0.25, -0.2) is 4.98 Å². The van der Waals surface area contributed by atoms with E-state index >= 15 is 0 Å². The highest BCUT2D eigenvalue weighted by Gasteiger charge is 2.29. The molecule has 0 spiro atoms. The molecular weight excluding hydrogens is 260 g/mol. The Morgan fingerprint density at radius 3 is 2.81 bits per heavy atom. The summed E-state index contributed by atoms with van der Waals surface area (Å²) in [6.07, 6.45) is 6.06. The van der Waals surface area contributed by atoms with Crippen LogP contribution in [-0.2, 0) is 0 Å². The first-order valence-corrected chi connectivity index (χ1v) is 8.01. The molecule has 1 aromatic heterocycles. The molecule has 2 aromatic rings. The topological polar surface area (TPSA) is 41.9 Å². The van der Waals surface area contributed by atoms with Crippen molar-refractivity contribution in [2.45, 2.75) is 25.3 Å². The Labute approximate surface area is 125 Å². The molecule has 0 amide bonds. The van der Waals surface area contributed by atoms with Crippen LogP contribution in [0.2, 0.25) is 0 Å². The van der Waals surface area contributed by atoms with E-state index in [0.29, 0.717) is 6.04 Å². The molecule has 21 heavy (non-hydrogen) atoms. The second-order valence-electron chi connectivity index (χ2n) is 6.11. The predicted molar refractivity (Wildman–Crippen MR) is 85.4 cm³/mol. The standard InChI is InChI=1S/C17H22N4/c1-2-5-13(6-3-1)15-12-21-16(8-10-19-17(21)20-15)14-7-4-9-18-11-14/h1-3,5-6,12,14,16,18H,4,7-11H2,(H,19,20). The maximum absolute atomic E-state index is 4.80. The van der Waals surface area contributed by atoms with E-state index in [4.69, 9.17) is 4.98 Å². The summed E-state index contributed by atoms with van der Waals surface area (Å²) < 4.78 is 2.38. The second-order valence-corrected chi connectivity index (χ2v) is 6.11. The molecule has 4 rings (SSSR count). The predicted octanol–water partition coefficient (Wildman–Crippen LogP) is 2.91. The van der Waals surface area contributed by atoms with Crippen molar-refractivity contribution in [3.8, 4) is 11.3 Å². The van der Waals surface area contributed by atoms with Gasteiger partial charge in [0.05, 0.1) is 5.69 Å². The summed E-state index contributed by atoms with van der Waals surface area (Å²) in [4.78, 5) is 4.80. The van der Waals surface area contributed by atoms with E-state index in [1.807, 2.05) is 6.07 Å². The van der Waals surface area contributed by atoms with Gasteiger partial charge in [-0.15, -0.1) is 0 Å². The number of imidazole rings is 1. The van der Waals surface area contributed by atoms with Crippen molar-refractivity contribution in [1.29, 1.82) is 0 Å². The molecule has 2 aliphatic rings. The van der Waals surface area contributed by atoms with Crippen LogP contribution in [0.1, 0.15) is 25.3 Å². The lowest BCUT2D eigenvalue weighted by molar-refractivity contribution is 0.250. The third-order valence-electron chi connectivity index (χ3n) is 4.76. The Balaban J connectivity index is 1.66. The van der Waals surface area contributed by atoms with Crippen molar-refractivity contribution in [3.63, 3.8) is 0 Å². The number of nitrogens with zero attached hydrogens (tertiary/aromatic N) is 2. The average Bonchev–Trinajstić information content (AvgIpc) is 3.00. The van der Waals surface area contributed by atoms with Gasteiger partial charge in [0.15, 0.2) is 0 Å². The highest BCUT2D eigenvalue weighted by Crippen LogP contribution is 2.35. The lowest BCUT2D eigenvalue weighted by Gasteiger charge is -2.35. The van der Waals surface area contributed by atoms with Crippen molar-refractivity contribution in [2.75, 3.05) is 25.0 Å². The maximum atomic E-state index is 4.80. The fourth-order valence-electron chi connectivity index (χ4n) is 3.67. The van der Waals surface area contributed by atoms with Gasteiger partial charge < -0.3 is 15.2 Å². The zero-order chi connectivity index (χ0) is 14.1. The van der Waals surface area contributed by atoms with Crippen LogP contribution in [0.4, 0.5) is 5.95 Å². The molecule has 4 heteroatoms. The first-order chi connectivity index (χ1) is 10.4. The van der Waals surface area contributed by atoms with Gasteiger partial charge in [0.25, 0.3) is 0 Å². The van der Waals surface area contributed by atoms with Crippen molar-refractivity contribution in [1.82, 2.24) is 14.9 Å². The maximum Gasteiger partial charge on any atom is 0.203 e. The molecule has 110 valence electrons. The van der Waals surface area contributed by atoms with E-state index in [1.54, 1.807) is 0 Å². The summed E-state index contributed by atoms with van der Waals surface area (Å²) in [5.74, 6) is 1.77. The SMILES string of the molecule is c1ccc(-c2cn3c(n2)NCCC3C2CCCNC2)cc1. The molecule has 1 aromatic carbocycles. The highest BCUT2D eigenvalue weighted by molar-refractivity contribution is 5.60. The largest absolute Gasteiger partial charge is 0.356 e. The number of benzene rings is 1. The third-order valence-corrected chi connectivity index (χ3v) is 4.76. The Bertz CT molecular complexity index is 599. The van der Waals surface area contributed by atoms with E-state index < -0.39 is 0 Å². The molecule has 3 heterocycles. The van der Waals surface area contributed by atoms with E-state index in [1.165, 1.54) is 31.4 Å². The molecule has 1 saturated heterocycles. The third kappa shape index (κ3) is 2.44. The zero-order valence-electron chi connectivity index (χ0n) is 12.3. The van der Waals surface area contributed by atoms with Crippen LogP contribution in [0.5, 0.6) is 0 Å². The van der Waals surface area contributed by atoms with Gasteiger partial charge in [0.2, 0.25) is 5.95 Å². The van der Waals surface area contributed by atoms with Gasteiger partial charge in [0, 0.05) is 24.3 Å². The summed E-state index contributed by atoms with van der Waals surface area (Å²) in [5, 5.41) is 7.00. The number of hydrogen-bond acceptors (Lipinski definition) is 3. The van der Waals surface area contributed by atoms with Crippen LogP contribution in [0, 0.1) is 5.92 Å². The van der Waals surface area contributed by atoms with Crippen LogP contribution in [0.3, 0.4) is 0 Å². The lowest BCUT2D eigenvalue weighted by Crippen LogP contribution is -2.37. The number of anilines is 1. The molecule has 2 atom stereocenters. The summed E-state index contributed by atoms with van der Waals surface area (Å²) in [7, 11) is 0. The fraction of sp³-hybridized carbons (Fsp3) is 0.471. The van der Waals surface area contributed by atoms with Crippen LogP contribution in [-0.4, -0.2) is 29.2 Å². The monoisotopic (exact) mass is 282 g/mol. The Hall–Kier alpha value is -1.81. The average molecular weight is 282 g/mol. The number of aromatic nitrogens is 2. The first kappa shape index (κ1) is 12.9. The van der Waals surface area contributed by atoms with Crippen molar-refractivity contribution in [2.24, 2.45) is 5.92 Å². The van der Waals surface area contributed by atoms with E-state index in [9.17, 15) is 0 Å². The quantitative estimate of drug-likeness (QED) is 0.890. The smallest absolute Gasteiger partial charge is 0.203 e. The molecule has 2 aliphatic heterocycles. The molecule has 0 aliphatic carbocycles. The van der Waals surface area contributed by atoms with Gasteiger partial charge >= 0.3 is 0 Å². The van der Waals surface area contributed by atoms with Crippen LogP contribution >= 0.6 is 0 Å². The van der Waals surface area contributed by atoms with Gasteiger partial charge in [-0.1, -0.05) is 30.3 Å². The van der Waals surface area contributed by atoms with Crippen LogP contribution in [0.15, 0.2) is 36.5 Å². The minimum absolute atomic E-state index is 0.582. The highest BCUT2D eigenvalue weighted by atomic mass is 15.2. The first-order valence-electron chi connectivity index (χ1n) is 8.01. The van der Waals surface area contributed by atoms with Gasteiger partial charge in [-0.2, -0.15) is 0 Å². The second kappa shape index (κ2) is 5.53. The van der Waals surface area contributed by atoms with Crippen LogP contribution < -0.4 is 10.6 Å². The van der Waals surface area contributed by atoms with E-state index in [0.717, 1.165) is 30.6 Å². The Kier molecular flexibility index (Phi) is 3.39. The molecule has 0 radical (unpaired) electrons. The number of nitrogens with one attached hydrogen (secondary N) is 2. The van der Waals surface area contributed by atoms with E-state index in [-0.39, 0.29) is 0 Å². The van der Waals surface area contributed by atoms with Gasteiger partial charge in [-0.3, -0.25) is 0 Å². The minimum Gasteiger partial charge on any atom is -0.356 e. The summed E-state index contributed by atoms with van der Waals surface area (Å²) in [5.41, 5.74) is 2.27. The summed E-state index contributed by atoms with van der Waals surface area (Å²) >= 11 is 0. The number of hydrogen-bond donors (Lipinski definition) is 2. The van der Waals surface area contributed by atoms with Crippen molar-refractivity contribution in [3.05, 3.63) is 36.5 Å². The van der Waals surface area contributed by atoms with Crippen molar-refractivity contribution < 1.29 is 0 Å². The molecule has 0 saturated carbocycles. The molecule has 0 bridgehead atoms. The number of piperidine rings is 1. The Morgan fingerprint density at radius 1 is 1.10 bits per heavy atom. The Morgan fingerprint density at radius 2 is 2.00 bits per heavy atom. The summed E-state index contributed by atoms with van der Waals surface area (Å²) in [6.45, 7) is 3.35. The molecular formula is C17H22N4. The van der Waals surface area contributed by atoms with Crippen molar-refractivity contribution >= 4 is 5.95 Å². The molecule has 2 unspecified atom stereocenters. The minimum atomic E-state index is 0.582. The molecule has 2 N–H and O–H groups in total. The molecule has 1 fully saturated rings. The van der Waals surface area contributed by atoms with Gasteiger partial charge in [0.1, 0.15) is 0 Å².